The van der Waals surface area contributed by atoms with E-state index in [0.717, 1.165) is 11.7 Å². The van der Waals surface area contributed by atoms with E-state index in [1.807, 2.05) is 0 Å². The predicted molar refractivity (Wildman–Crippen MR) is 73.6 cm³/mol. The van der Waals surface area contributed by atoms with Crippen LogP contribution in [-0.4, -0.2) is 17.0 Å². The number of benzene rings is 1. The van der Waals surface area contributed by atoms with Crippen LogP contribution in [0.3, 0.4) is 0 Å². The number of halogens is 2. The Balaban J connectivity index is 2.03. The van der Waals surface area contributed by atoms with Gasteiger partial charge in [0.15, 0.2) is 5.17 Å². The Kier molecular flexibility index (Phi) is 3.94. The summed E-state index contributed by atoms with van der Waals surface area (Å²) in [6, 6.07) is 4.58. The summed E-state index contributed by atoms with van der Waals surface area (Å²) in [4.78, 5) is 4.37. The molecule has 1 heterocycles. The Hall–Kier alpha value is -0.740. The van der Waals surface area contributed by atoms with E-state index in [-0.39, 0.29) is 5.82 Å². The van der Waals surface area contributed by atoms with Crippen LogP contribution in [-0.2, 0) is 0 Å². The van der Waals surface area contributed by atoms with Crippen LogP contribution in [0, 0.1) is 11.7 Å². The van der Waals surface area contributed by atoms with Crippen molar-refractivity contribution < 1.29 is 4.39 Å². The molecular weight excluding hydrogens is 259 g/mol. The Morgan fingerprint density at radius 3 is 2.88 bits per heavy atom. The monoisotopic (exact) mass is 272 g/mol. The number of hydrogen-bond donors (Lipinski definition) is 1. The van der Waals surface area contributed by atoms with Crippen molar-refractivity contribution in [2.75, 3.05) is 11.9 Å². The maximum Gasteiger partial charge on any atom is 0.161 e. The zero-order chi connectivity index (χ0) is 12.4. The molecule has 1 aliphatic rings. The predicted octanol–water partition coefficient (Wildman–Crippen LogP) is 4.02. The van der Waals surface area contributed by atoms with Crippen molar-refractivity contribution in [3.8, 4) is 0 Å². The van der Waals surface area contributed by atoms with E-state index in [9.17, 15) is 4.39 Å². The largest absolute Gasteiger partial charge is 0.333 e. The van der Waals surface area contributed by atoms with E-state index >= 15 is 0 Å². The molecule has 0 spiro atoms. The molecule has 1 unspecified atom stereocenters. The molecule has 17 heavy (non-hydrogen) atoms. The Bertz CT molecular complexity index is 448. The molecule has 1 aromatic carbocycles. The van der Waals surface area contributed by atoms with E-state index in [1.54, 1.807) is 23.9 Å². The summed E-state index contributed by atoms with van der Waals surface area (Å²) in [5.41, 5.74) is 0.421. The van der Waals surface area contributed by atoms with Crippen molar-refractivity contribution in [3.05, 3.63) is 29.0 Å². The van der Waals surface area contributed by atoms with Crippen LogP contribution in [0.25, 0.3) is 0 Å². The van der Waals surface area contributed by atoms with Crippen LogP contribution < -0.4 is 5.32 Å². The summed E-state index contributed by atoms with van der Waals surface area (Å²) in [7, 11) is 0. The lowest BCUT2D eigenvalue weighted by Crippen LogP contribution is -2.13. The molecule has 0 amide bonds. The first kappa shape index (κ1) is 12.7. The molecule has 0 aliphatic carbocycles. The molecule has 1 aliphatic heterocycles. The van der Waals surface area contributed by atoms with Crippen LogP contribution in [0.1, 0.15) is 13.8 Å². The highest BCUT2D eigenvalue weighted by molar-refractivity contribution is 8.15. The van der Waals surface area contributed by atoms with Gasteiger partial charge in [-0.15, -0.1) is 0 Å². The number of rotatable bonds is 2. The van der Waals surface area contributed by atoms with Gasteiger partial charge in [-0.05, 0) is 24.1 Å². The summed E-state index contributed by atoms with van der Waals surface area (Å²) in [5.74, 6) is 0.215. The fourth-order valence-electron chi connectivity index (χ4n) is 1.51. The molecule has 0 aromatic heterocycles. The van der Waals surface area contributed by atoms with Gasteiger partial charge in [0.25, 0.3) is 0 Å². The average Bonchev–Trinajstić information content (AvgIpc) is 2.71. The van der Waals surface area contributed by atoms with Gasteiger partial charge in [-0.3, -0.25) is 4.99 Å². The van der Waals surface area contributed by atoms with Crippen LogP contribution in [0.15, 0.2) is 23.2 Å². The molecule has 0 bridgehead atoms. The van der Waals surface area contributed by atoms with Gasteiger partial charge in [0, 0.05) is 10.3 Å². The van der Waals surface area contributed by atoms with Crippen molar-refractivity contribution in [1.82, 2.24) is 0 Å². The normalized spacial score (nSPS) is 19.6. The van der Waals surface area contributed by atoms with Gasteiger partial charge >= 0.3 is 0 Å². The van der Waals surface area contributed by atoms with Crippen LogP contribution in [0.5, 0.6) is 0 Å². The van der Waals surface area contributed by atoms with Crippen LogP contribution in [0.2, 0.25) is 5.02 Å². The van der Waals surface area contributed by atoms with Crippen molar-refractivity contribution in [2.24, 2.45) is 10.9 Å². The van der Waals surface area contributed by atoms with Gasteiger partial charge in [-0.25, -0.2) is 4.39 Å². The fourth-order valence-corrected chi connectivity index (χ4v) is 2.70. The highest BCUT2D eigenvalue weighted by atomic mass is 35.5. The number of amidine groups is 1. The Morgan fingerprint density at radius 1 is 1.53 bits per heavy atom. The molecule has 92 valence electrons. The van der Waals surface area contributed by atoms with Gasteiger partial charge in [-0.1, -0.05) is 37.2 Å². The molecule has 0 fully saturated rings. The van der Waals surface area contributed by atoms with Crippen molar-refractivity contribution in [3.63, 3.8) is 0 Å². The second-order valence-electron chi connectivity index (χ2n) is 4.30. The number of aliphatic imine (C=N–C) groups is 1. The van der Waals surface area contributed by atoms with Crippen molar-refractivity contribution >= 4 is 34.2 Å². The van der Waals surface area contributed by atoms with E-state index in [4.69, 9.17) is 11.6 Å². The number of thioether (sulfide) groups is 1. The number of nitrogens with one attached hydrogen (secondary N) is 1. The lowest BCUT2D eigenvalue weighted by molar-refractivity contribution is 0.621. The average molecular weight is 273 g/mol. The zero-order valence-electron chi connectivity index (χ0n) is 9.71. The minimum absolute atomic E-state index is 0.353. The third kappa shape index (κ3) is 3.13. The standard InChI is InChI=1S/C12H14ClFN2S/c1-7(2)11-6-15-12(17-11)16-10-4-3-8(13)5-9(10)14/h3-5,7,11H,6H2,1-2H3,(H,15,16). The minimum atomic E-state index is -0.353. The maximum atomic E-state index is 13.5. The minimum Gasteiger partial charge on any atom is -0.333 e. The fraction of sp³-hybridized carbons (Fsp3) is 0.417. The molecule has 0 saturated carbocycles. The summed E-state index contributed by atoms with van der Waals surface area (Å²) >= 11 is 7.36. The molecule has 0 saturated heterocycles. The van der Waals surface area contributed by atoms with Crippen LogP contribution in [0.4, 0.5) is 10.1 Å². The second-order valence-corrected chi connectivity index (χ2v) is 5.96. The van der Waals surface area contributed by atoms with E-state index in [0.29, 0.717) is 21.9 Å². The first-order valence-electron chi connectivity index (χ1n) is 5.49. The van der Waals surface area contributed by atoms with Gasteiger partial charge in [-0.2, -0.15) is 0 Å². The summed E-state index contributed by atoms with van der Waals surface area (Å²) in [6.45, 7) is 5.12. The van der Waals surface area contributed by atoms with Crippen molar-refractivity contribution in [2.45, 2.75) is 19.1 Å². The topological polar surface area (TPSA) is 24.4 Å². The first-order chi connectivity index (χ1) is 8.06. The zero-order valence-corrected chi connectivity index (χ0v) is 11.3. The maximum absolute atomic E-state index is 13.5. The summed E-state index contributed by atoms with van der Waals surface area (Å²) < 4.78 is 13.5. The third-order valence-electron chi connectivity index (χ3n) is 2.59. The number of anilines is 1. The third-order valence-corrected chi connectivity index (χ3v) is 4.28. The van der Waals surface area contributed by atoms with Gasteiger partial charge in [0.1, 0.15) is 5.82 Å². The quantitative estimate of drug-likeness (QED) is 0.879. The molecule has 2 rings (SSSR count). The molecule has 0 radical (unpaired) electrons. The smallest absolute Gasteiger partial charge is 0.161 e. The van der Waals surface area contributed by atoms with E-state index in [1.165, 1.54) is 6.07 Å². The molecule has 1 N–H and O–H groups in total. The summed E-state index contributed by atoms with van der Waals surface area (Å²) in [6.07, 6.45) is 0. The van der Waals surface area contributed by atoms with Crippen LogP contribution >= 0.6 is 23.4 Å². The lowest BCUT2D eigenvalue weighted by atomic mass is 10.1. The molecular formula is C12H14ClFN2S. The highest BCUT2D eigenvalue weighted by Crippen LogP contribution is 2.28. The first-order valence-corrected chi connectivity index (χ1v) is 6.75. The summed E-state index contributed by atoms with van der Waals surface area (Å²) in [5, 5.41) is 4.66. The lowest BCUT2D eigenvalue weighted by Gasteiger charge is -2.12. The molecule has 5 heteroatoms. The van der Waals surface area contributed by atoms with Crippen molar-refractivity contribution in [1.29, 1.82) is 0 Å². The Labute approximate surface area is 110 Å². The molecule has 1 atom stereocenters. The number of nitrogens with zero attached hydrogens (tertiary/aromatic N) is 1. The SMILES string of the molecule is CC(C)C1CN=C(Nc2ccc(Cl)cc2F)S1. The van der Waals surface area contributed by atoms with E-state index in [2.05, 4.69) is 24.2 Å². The van der Waals surface area contributed by atoms with Gasteiger partial charge < -0.3 is 5.32 Å². The van der Waals surface area contributed by atoms with Gasteiger partial charge in [0.05, 0.1) is 12.2 Å². The number of hydrogen-bond acceptors (Lipinski definition) is 3. The molecule has 2 nitrogen and oxygen atoms in total. The second kappa shape index (κ2) is 5.27. The van der Waals surface area contributed by atoms with E-state index < -0.39 is 0 Å². The highest BCUT2D eigenvalue weighted by Gasteiger charge is 2.22. The Morgan fingerprint density at radius 2 is 2.29 bits per heavy atom. The van der Waals surface area contributed by atoms with Gasteiger partial charge in [0.2, 0.25) is 0 Å². The molecule has 1 aromatic rings.